The summed E-state index contributed by atoms with van der Waals surface area (Å²) in [7, 11) is 0. The number of benzene rings is 3. The van der Waals surface area contributed by atoms with Crippen molar-refractivity contribution in [3.63, 3.8) is 0 Å². The number of amides is 2. The van der Waals surface area contributed by atoms with Crippen LogP contribution in [-0.4, -0.2) is 24.9 Å². The third-order valence-electron chi connectivity index (χ3n) is 6.13. The Bertz CT molecular complexity index is 1270. The Labute approximate surface area is 215 Å². The summed E-state index contributed by atoms with van der Waals surface area (Å²) in [4.78, 5) is 28.1. The second kappa shape index (κ2) is 11.1. The van der Waals surface area contributed by atoms with Crippen LogP contribution >= 0.6 is 23.2 Å². The molecule has 3 aromatic carbocycles. The molecule has 0 radical (unpaired) electrons. The van der Waals surface area contributed by atoms with Crippen LogP contribution in [0.2, 0.25) is 10.0 Å². The lowest BCUT2D eigenvalue weighted by Gasteiger charge is -2.25. The number of aryl methyl sites for hydroxylation is 1. The average molecular weight is 508 g/mol. The molecule has 1 heterocycles. The van der Waals surface area contributed by atoms with Crippen LogP contribution < -0.4 is 15.5 Å². The SMILES string of the molecule is C=CCNC1CCCN(C(=O)c2ccc(NC(=O)c3ccccc3C)cc2Cl)c2ccc(Cl)cc21. The van der Waals surface area contributed by atoms with E-state index < -0.39 is 0 Å². The van der Waals surface area contributed by atoms with Crippen LogP contribution in [0.5, 0.6) is 0 Å². The highest BCUT2D eigenvalue weighted by atomic mass is 35.5. The van der Waals surface area contributed by atoms with Gasteiger partial charge >= 0.3 is 0 Å². The highest BCUT2D eigenvalue weighted by Crippen LogP contribution is 2.36. The van der Waals surface area contributed by atoms with E-state index in [1.807, 2.05) is 43.3 Å². The van der Waals surface area contributed by atoms with Gasteiger partial charge in [0.05, 0.1) is 10.6 Å². The van der Waals surface area contributed by atoms with Crippen LogP contribution in [0.4, 0.5) is 11.4 Å². The number of anilines is 2. The first-order valence-electron chi connectivity index (χ1n) is 11.5. The summed E-state index contributed by atoms with van der Waals surface area (Å²) in [5.74, 6) is -0.422. The molecule has 0 spiro atoms. The van der Waals surface area contributed by atoms with Crippen LogP contribution in [-0.2, 0) is 0 Å². The zero-order valence-corrected chi connectivity index (χ0v) is 21.0. The number of hydrogen-bond acceptors (Lipinski definition) is 3. The van der Waals surface area contributed by atoms with Crippen molar-refractivity contribution in [1.82, 2.24) is 5.32 Å². The molecular weight excluding hydrogens is 481 g/mol. The lowest BCUT2D eigenvalue weighted by molar-refractivity contribution is 0.0986. The van der Waals surface area contributed by atoms with Gasteiger partial charge in [0, 0.05) is 41.1 Å². The van der Waals surface area contributed by atoms with E-state index in [2.05, 4.69) is 17.2 Å². The molecule has 0 fully saturated rings. The minimum atomic E-state index is -0.227. The van der Waals surface area contributed by atoms with Crippen LogP contribution in [0.3, 0.4) is 0 Å². The molecular formula is C28H27Cl2N3O2. The summed E-state index contributed by atoms with van der Waals surface area (Å²) in [5, 5.41) is 7.23. The molecule has 5 nitrogen and oxygen atoms in total. The topological polar surface area (TPSA) is 61.4 Å². The van der Waals surface area contributed by atoms with Crippen molar-refractivity contribution < 1.29 is 9.59 Å². The first-order valence-corrected chi connectivity index (χ1v) is 12.3. The van der Waals surface area contributed by atoms with Crippen molar-refractivity contribution in [1.29, 1.82) is 0 Å². The molecule has 3 aromatic rings. The molecule has 7 heteroatoms. The Balaban J connectivity index is 1.59. The van der Waals surface area contributed by atoms with Crippen molar-refractivity contribution >= 4 is 46.4 Å². The van der Waals surface area contributed by atoms with Gasteiger partial charge in [-0.1, -0.05) is 47.5 Å². The number of nitrogens with one attached hydrogen (secondary N) is 2. The van der Waals surface area contributed by atoms with Crippen molar-refractivity contribution in [3.8, 4) is 0 Å². The van der Waals surface area contributed by atoms with Gasteiger partial charge in [-0.25, -0.2) is 0 Å². The van der Waals surface area contributed by atoms with E-state index in [-0.39, 0.29) is 22.9 Å². The molecule has 1 unspecified atom stereocenters. The fourth-order valence-electron chi connectivity index (χ4n) is 4.37. The minimum Gasteiger partial charge on any atom is -0.322 e. The predicted octanol–water partition coefficient (Wildman–Crippen LogP) is 6.81. The van der Waals surface area contributed by atoms with Gasteiger partial charge in [0.15, 0.2) is 0 Å². The maximum Gasteiger partial charge on any atom is 0.259 e. The Morgan fingerprint density at radius 3 is 2.63 bits per heavy atom. The molecule has 1 aliphatic rings. The van der Waals surface area contributed by atoms with Gasteiger partial charge in [0.2, 0.25) is 0 Å². The molecule has 2 amide bonds. The van der Waals surface area contributed by atoms with E-state index in [1.165, 1.54) is 0 Å². The number of halogens is 2. The summed E-state index contributed by atoms with van der Waals surface area (Å²) in [5.41, 5.74) is 4.15. The first-order chi connectivity index (χ1) is 16.9. The number of carbonyl (C=O) groups is 2. The summed E-state index contributed by atoms with van der Waals surface area (Å²) in [6.45, 7) is 6.89. The Morgan fingerprint density at radius 1 is 1.09 bits per heavy atom. The van der Waals surface area contributed by atoms with Gasteiger partial charge in [-0.2, -0.15) is 0 Å². The van der Waals surface area contributed by atoms with E-state index in [0.29, 0.717) is 34.9 Å². The Kier molecular flexibility index (Phi) is 7.91. The zero-order valence-electron chi connectivity index (χ0n) is 19.5. The maximum absolute atomic E-state index is 13.6. The largest absolute Gasteiger partial charge is 0.322 e. The monoisotopic (exact) mass is 507 g/mol. The smallest absolute Gasteiger partial charge is 0.259 e. The molecule has 180 valence electrons. The molecule has 0 bridgehead atoms. The van der Waals surface area contributed by atoms with Gasteiger partial charge < -0.3 is 15.5 Å². The summed E-state index contributed by atoms with van der Waals surface area (Å²) in [6, 6.07) is 18.0. The highest BCUT2D eigenvalue weighted by molar-refractivity contribution is 6.35. The molecule has 0 saturated carbocycles. The van der Waals surface area contributed by atoms with Crippen molar-refractivity contribution in [3.05, 3.63) is 106 Å². The first kappa shape index (κ1) is 25.0. The fourth-order valence-corrected chi connectivity index (χ4v) is 4.81. The van der Waals surface area contributed by atoms with Gasteiger partial charge in [-0.3, -0.25) is 9.59 Å². The molecule has 1 aliphatic heterocycles. The third-order valence-corrected chi connectivity index (χ3v) is 6.68. The number of carbonyl (C=O) groups excluding carboxylic acids is 2. The second-order valence-electron chi connectivity index (χ2n) is 8.52. The average Bonchev–Trinajstić information content (AvgIpc) is 3.01. The molecule has 35 heavy (non-hydrogen) atoms. The van der Waals surface area contributed by atoms with Crippen LogP contribution in [0.1, 0.15) is 50.7 Å². The summed E-state index contributed by atoms with van der Waals surface area (Å²) >= 11 is 12.9. The number of hydrogen-bond donors (Lipinski definition) is 2. The maximum atomic E-state index is 13.6. The van der Waals surface area contributed by atoms with E-state index in [4.69, 9.17) is 23.2 Å². The summed E-state index contributed by atoms with van der Waals surface area (Å²) in [6.07, 6.45) is 3.49. The van der Waals surface area contributed by atoms with Crippen LogP contribution in [0, 0.1) is 6.92 Å². The number of rotatable bonds is 6. The zero-order chi connectivity index (χ0) is 24.9. The highest BCUT2D eigenvalue weighted by Gasteiger charge is 2.28. The van der Waals surface area contributed by atoms with Gasteiger partial charge in [0.1, 0.15) is 0 Å². The van der Waals surface area contributed by atoms with E-state index in [1.54, 1.807) is 35.2 Å². The molecule has 2 N–H and O–H groups in total. The Hall–Kier alpha value is -3.12. The van der Waals surface area contributed by atoms with Gasteiger partial charge in [-0.15, -0.1) is 6.58 Å². The van der Waals surface area contributed by atoms with Gasteiger partial charge in [0.25, 0.3) is 11.8 Å². The summed E-state index contributed by atoms with van der Waals surface area (Å²) < 4.78 is 0. The van der Waals surface area contributed by atoms with Crippen molar-refractivity contribution in [2.24, 2.45) is 0 Å². The van der Waals surface area contributed by atoms with E-state index in [9.17, 15) is 9.59 Å². The van der Waals surface area contributed by atoms with Crippen LogP contribution in [0.25, 0.3) is 0 Å². The number of fused-ring (bicyclic) bond motifs is 1. The third kappa shape index (κ3) is 5.59. The van der Waals surface area contributed by atoms with Crippen molar-refractivity contribution in [2.45, 2.75) is 25.8 Å². The van der Waals surface area contributed by atoms with E-state index in [0.717, 1.165) is 29.7 Å². The molecule has 0 saturated heterocycles. The molecule has 4 rings (SSSR count). The Morgan fingerprint density at radius 2 is 1.89 bits per heavy atom. The minimum absolute atomic E-state index is 0.0639. The molecule has 0 aromatic heterocycles. The van der Waals surface area contributed by atoms with Gasteiger partial charge in [-0.05, 0) is 73.4 Å². The fraction of sp³-hybridized carbons (Fsp3) is 0.214. The standard InChI is InChI=1S/C28H27Cl2N3O2/c1-3-14-31-25-9-6-15-33(26-13-10-19(29)16-23(25)26)28(35)22-12-11-20(17-24(22)30)32-27(34)21-8-5-4-7-18(21)2/h3-5,7-8,10-13,16-17,25,31H,1,6,9,14-15H2,2H3,(H,32,34). The molecule has 0 aliphatic carbocycles. The lowest BCUT2D eigenvalue weighted by Crippen LogP contribution is -2.32. The lowest BCUT2D eigenvalue weighted by atomic mass is 10.0. The second-order valence-corrected chi connectivity index (χ2v) is 9.36. The quantitative estimate of drug-likeness (QED) is 0.360. The molecule has 1 atom stereocenters. The normalized spacial score (nSPS) is 15.2. The number of nitrogens with zero attached hydrogens (tertiary/aromatic N) is 1. The van der Waals surface area contributed by atoms with Crippen LogP contribution in [0.15, 0.2) is 73.3 Å². The van der Waals surface area contributed by atoms with E-state index >= 15 is 0 Å². The van der Waals surface area contributed by atoms with Crippen molar-refractivity contribution in [2.75, 3.05) is 23.3 Å². The predicted molar refractivity (Wildman–Crippen MR) is 144 cm³/mol.